The minimum absolute atomic E-state index is 0.185. The molecule has 1 aliphatic rings. The number of benzene rings is 2. The summed E-state index contributed by atoms with van der Waals surface area (Å²) in [6.45, 7) is 1.98. The molecule has 0 spiro atoms. The first-order valence-corrected chi connectivity index (χ1v) is 9.21. The minimum atomic E-state index is -0.680. The highest BCUT2D eigenvalue weighted by Gasteiger charge is 2.36. The summed E-state index contributed by atoms with van der Waals surface area (Å²) in [6, 6.07) is 14.0. The highest BCUT2D eigenvalue weighted by Crippen LogP contribution is 2.31. The number of oxime groups is 1. The number of nitriles is 1. The number of carbonyl (C=O) groups excluding carboxylic acids is 1. The van der Waals surface area contributed by atoms with E-state index in [0.29, 0.717) is 29.1 Å². The van der Waals surface area contributed by atoms with Gasteiger partial charge in [0.15, 0.2) is 0 Å². The fourth-order valence-electron chi connectivity index (χ4n) is 3.38. The summed E-state index contributed by atoms with van der Waals surface area (Å²) >= 11 is 6.30. The van der Waals surface area contributed by atoms with Gasteiger partial charge in [0, 0.05) is 17.5 Å². The molecule has 2 unspecified atom stereocenters. The molecule has 1 N–H and O–H groups in total. The van der Waals surface area contributed by atoms with Crippen LogP contribution in [0.4, 0.5) is 0 Å². The Balaban J connectivity index is 1.86. The molecule has 28 heavy (non-hydrogen) atoms. The predicted molar refractivity (Wildman–Crippen MR) is 107 cm³/mol. The molecule has 1 fully saturated rings. The number of hydrogen-bond donors (Lipinski definition) is 1. The quantitative estimate of drug-likeness (QED) is 0.800. The molecular formula is C21H20ClN3O3. The van der Waals surface area contributed by atoms with Gasteiger partial charge in [-0.05, 0) is 30.7 Å². The smallest absolute Gasteiger partial charge is 0.254 e. The van der Waals surface area contributed by atoms with Gasteiger partial charge in [-0.3, -0.25) is 4.79 Å². The van der Waals surface area contributed by atoms with Crippen molar-refractivity contribution in [1.29, 1.82) is 5.26 Å². The van der Waals surface area contributed by atoms with E-state index in [1.807, 2.05) is 6.07 Å². The number of amides is 1. The lowest BCUT2D eigenvalue weighted by Gasteiger charge is -2.26. The molecule has 6 nitrogen and oxygen atoms in total. The largest absolute Gasteiger partial charge is 0.399 e. The van der Waals surface area contributed by atoms with E-state index in [0.717, 1.165) is 16.8 Å². The van der Waals surface area contributed by atoms with Crippen molar-refractivity contribution in [1.82, 2.24) is 4.90 Å². The summed E-state index contributed by atoms with van der Waals surface area (Å²) in [5.74, 6) is -0.185. The molecule has 2 aromatic rings. The fraction of sp³-hybridized carbons (Fsp3) is 0.286. The van der Waals surface area contributed by atoms with Crippen molar-refractivity contribution in [3.05, 3.63) is 58.6 Å². The van der Waals surface area contributed by atoms with Gasteiger partial charge in [-0.25, -0.2) is 0 Å². The van der Waals surface area contributed by atoms with Crippen LogP contribution < -0.4 is 0 Å². The van der Waals surface area contributed by atoms with E-state index < -0.39 is 6.10 Å². The van der Waals surface area contributed by atoms with E-state index >= 15 is 0 Å². The van der Waals surface area contributed by atoms with Gasteiger partial charge >= 0.3 is 0 Å². The zero-order chi connectivity index (χ0) is 20.3. The summed E-state index contributed by atoms with van der Waals surface area (Å²) in [7, 11) is 1.46. The van der Waals surface area contributed by atoms with Crippen molar-refractivity contribution >= 4 is 23.2 Å². The Labute approximate surface area is 168 Å². The van der Waals surface area contributed by atoms with Crippen LogP contribution >= 0.6 is 11.6 Å². The molecule has 0 aromatic heterocycles. The highest BCUT2D eigenvalue weighted by molar-refractivity contribution is 6.34. The molecule has 1 aliphatic heterocycles. The molecule has 0 saturated carbocycles. The first-order valence-electron chi connectivity index (χ1n) is 8.83. The van der Waals surface area contributed by atoms with Gasteiger partial charge in [-0.2, -0.15) is 5.26 Å². The third-order valence-electron chi connectivity index (χ3n) is 4.80. The van der Waals surface area contributed by atoms with Crippen molar-refractivity contribution in [2.75, 3.05) is 13.7 Å². The molecule has 144 valence electrons. The van der Waals surface area contributed by atoms with Crippen LogP contribution in [0.25, 0.3) is 11.1 Å². The molecular weight excluding hydrogens is 378 g/mol. The van der Waals surface area contributed by atoms with Crippen molar-refractivity contribution in [3.63, 3.8) is 0 Å². The van der Waals surface area contributed by atoms with Crippen LogP contribution in [0.15, 0.2) is 47.6 Å². The Bertz CT molecular complexity index is 948. The average Bonchev–Trinajstić information content (AvgIpc) is 3.12. The highest BCUT2D eigenvalue weighted by atomic mass is 35.5. The van der Waals surface area contributed by atoms with E-state index in [1.165, 1.54) is 7.11 Å². The maximum atomic E-state index is 13.0. The van der Waals surface area contributed by atoms with E-state index in [9.17, 15) is 9.90 Å². The van der Waals surface area contributed by atoms with E-state index in [2.05, 4.69) is 11.2 Å². The van der Waals surface area contributed by atoms with E-state index in [4.69, 9.17) is 21.7 Å². The summed E-state index contributed by atoms with van der Waals surface area (Å²) in [4.78, 5) is 19.4. The maximum Gasteiger partial charge on any atom is 0.254 e. The number of hydrogen-bond acceptors (Lipinski definition) is 5. The third-order valence-corrected chi connectivity index (χ3v) is 5.21. The number of carbonyl (C=O) groups is 1. The Hall–Kier alpha value is -2.88. The monoisotopic (exact) mass is 397 g/mol. The normalized spacial score (nSPS) is 18.8. The molecule has 1 saturated heterocycles. The van der Waals surface area contributed by atoms with Crippen LogP contribution in [0.2, 0.25) is 5.02 Å². The molecule has 7 heteroatoms. The Morgan fingerprint density at radius 2 is 2.07 bits per heavy atom. The molecule has 2 aromatic carbocycles. The summed E-state index contributed by atoms with van der Waals surface area (Å²) in [5.41, 5.74) is 3.17. The van der Waals surface area contributed by atoms with Crippen LogP contribution in [0, 0.1) is 11.3 Å². The molecule has 0 aliphatic carbocycles. The zero-order valence-electron chi connectivity index (χ0n) is 15.6. The molecule has 1 amide bonds. The number of aliphatic hydroxyl groups excluding tert-OH is 1. The van der Waals surface area contributed by atoms with Crippen LogP contribution in [-0.4, -0.2) is 47.4 Å². The number of rotatable bonds is 4. The molecule has 2 atom stereocenters. The zero-order valence-corrected chi connectivity index (χ0v) is 16.3. The lowest BCUT2D eigenvalue weighted by molar-refractivity contribution is 0.0538. The number of aliphatic hydroxyl groups is 1. The number of likely N-dealkylation sites (tertiary alicyclic amines) is 1. The third kappa shape index (κ3) is 3.86. The standard InChI is InChI=1S/C21H20ClN3O3/c1-13(26)19-10-17(24-28-2)12-25(19)21(27)15-8-6-14(7-9-15)18-5-3-4-16(11-23)20(18)22/h3-9,13,19,26H,10,12H2,1-2H3. The van der Waals surface area contributed by atoms with Crippen LogP contribution in [0.5, 0.6) is 0 Å². The second kappa shape index (κ2) is 8.42. The Morgan fingerprint density at radius 1 is 1.36 bits per heavy atom. The number of nitrogens with zero attached hydrogens (tertiary/aromatic N) is 3. The van der Waals surface area contributed by atoms with Crippen LogP contribution in [0.1, 0.15) is 29.3 Å². The van der Waals surface area contributed by atoms with Gasteiger partial charge in [0.2, 0.25) is 0 Å². The van der Waals surface area contributed by atoms with E-state index in [-0.39, 0.29) is 11.9 Å². The lowest BCUT2D eigenvalue weighted by Crippen LogP contribution is -2.41. The average molecular weight is 398 g/mol. The topological polar surface area (TPSA) is 85.9 Å². The summed E-state index contributed by atoms with van der Waals surface area (Å²) < 4.78 is 0. The first-order chi connectivity index (χ1) is 13.5. The number of halogens is 1. The van der Waals surface area contributed by atoms with Gasteiger partial charge in [0.25, 0.3) is 5.91 Å². The van der Waals surface area contributed by atoms with Crippen LogP contribution in [-0.2, 0) is 4.84 Å². The Morgan fingerprint density at radius 3 is 2.68 bits per heavy atom. The minimum Gasteiger partial charge on any atom is -0.399 e. The van der Waals surface area contributed by atoms with Gasteiger partial charge < -0.3 is 14.8 Å². The fourth-order valence-corrected chi connectivity index (χ4v) is 3.66. The second-order valence-corrected chi connectivity index (χ2v) is 7.02. The summed E-state index contributed by atoms with van der Waals surface area (Å²) in [6.07, 6.45) is -0.202. The molecule has 1 heterocycles. The van der Waals surface area contributed by atoms with Crippen molar-refractivity contribution in [2.45, 2.75) is 25.5 Å². The Kier molecular flexibility index (Phi) is 5.98. The maximum absolute atomic E-state index is 13.0. The lowest BCUT2D eigenvalue weighted by atomic mass is 10.0. The van der Waals surface area contributed by atoms with Crippen molar-refractivity contribution < 1.29 is 14.7 Å². The van der Waals surface area contributed by atoms with Gasteiger partial charge in [0.05, 0.1) is 35.0 Å². The summed E-state index contributed by atoms with van der Waals surface area (Å²) in [5, 5.41) is 23.5. The van der Waals surface area contributed by atoms with Crippen LogP contribution in [0.3, 0.4) is 0 Å². The van der Waals surface area contributed by atoms with Gasteiger partial charge in [0.1, 0.15) is 13.2 Å². The SMILES string of the molecule is CON=C1CC(C(C)O)N(C(=O)c2ccc(-c3cccc(C#N)c3Cl)cc2)C1. The second-order valence-electron chi connectivity index (χ2n) is 6.64. The predicted octanol–water partition coefficient (Wildman–Crippen LogP) is 3.48. The van der Waals surface area contributed by atoms with Crippen molar-refractivity contribution in [2.24, 2.45) is 5.16 Å². The molecule has 0 radical (unpaired) electrons. The van der Waals surface area contributed by atoms with E-state index in [1.54, 1.807) is 48.2 Å². The molecule has 0 bridgehead atoms. The van der Waals surface area contributed by atoms with Gasteiger partial charge in [-0.1, -0.05) is 41.0 Å². The molecule has 3 rings (SSSR count). The van der Waals surface area contributed by atoms with Crippen molar-refractivity contribution in [3.8, 4) is 17.2 Å². The van der Waals surface area contributed by atoms with Gasteiger partial charge in [-0.15, -0.1) is 0 Å². The first kappa shape index (κ1) is 19.9.